The second-order valence-corrected chi connectivity index (χ2v) is 5.64. The molecule has 2 unspecified atom stereocenters. The lowest BCUT2D eigenvalue weighted by Crippen LogP contribution is -2.28. The van der Waals surface area contributed by atoms with Gasteiger partial charge in [-0.15, -0.1) is 0 Å². The highest BCUT2D eigenvalue weighted by Gasteiger charge is 2.35. The van der Waals surface area contributed by atoms with Gasteiger partial charge in [-0.3, -0.25) is 4.79 Å². The van der Waals surface area contributed by atoms with E-state index in [-0.39, 0.29) is 11.9 Å². The van der Waals surface area contributed by atoms with Crippen LogP contribution in [0.4, 0.5) is 0 Å². The summed E-state index contributed by atoms with van der Waals surface area (Å²) in [4.78, 5) is 11.9. The quantitative estimate of drug-likeness (QED) is 0.830. The number of hydrogen-bond acceptors (Lipinski definition) is 3. The molecular formula is C16H22O3. The third-order valence-corrected chi connectivity index (χ3v) is 3.86. The van der Waals surface area contributed by atoms with Gasteiger partial charge in [0.25, 0.3) is 0 Å². The van der Waals surface area contributed by atoms with Crippen molar-refractivity contribution >= 4 is 5.97 Å². The Hall–Kier alpha value is -1.35. The Kier molecular flexibility index (Phi) is 4.25. The first-order valence-corrected chi connectivity index (χ1v) is 6.91. The summed E-state index contributed by atoms with van der Waals surface area (Å²) in [5.74, 6) is -0.260. The number of hydrogen-bond donors (Lipinski definition) is 1. The van der Waals surface area contributed by atoms with Crippen LogP contribution in [0.15, 0.2) is 24.3 Å². The molecule has 0 aromatic heterocycles. The summed E-state index contributed by atoms with van der Waals surface area (Å²) in [5.41, 5.74) is 2.07. The van der Waals surface area contributed by atoms with Gasteiger partial charge in [-0.1, -0.05) is 38.1 Å². The molecule has 1 aliphatic rings. The van der Waals surface area contributed by atoms with E-state index in [9.17, 15) is 9.90 Å². The van der Waals surface area contributed by atoms with E-state index < -0.39 is 12.0 Å². The maximum atomic E-state index is 11.9. The second-order valence-electron chi connectivity index (χ2n) is 5.64. The zero-order chi connectivity index (χ0) is 14.0. The first kappa shape index (κ1) is 14.1. The summed E-state index contributed by atoms with van der Waals surface area (Å²) >= 11 is 0. The molecule has 1 fully saturated rings. The molecule has 0 saturated heterocycles. The lowest BCUT2D eigenvalue weighted by Gasteiger charge is -2.26. The number of rotatable bonds is 5. The molecule has 1 aromatic carbocycles. The molecule has 0 heterocycles. The number of aliphatic hydroxyl groups excluding tert-OH is 1. The van der Waals surface area contributed by atoms with E-state index in [4.69, 9.17) is 4.74 Å². The summed E-state index contributed by atoms with van der Waals surface area (Å²) in [6.45, 7) is 3.87. The smallest absolute Gasteiger partial charge is 0.311 e. The van der Waals surface area contributed by atoms with Gasteiger partial charge in [0.1, 0.15) is 0 Å². The molecule has 3 heteroatoms. The van der Waals surface area contributed by atoms with Crippen LogP contribution >= 0.6 is 0 Å². The molecule has 2 rings (SSSR count). The largest absolute Gasteiger partial charge is 0.469 e. The molecule has 104 valence electrons. The van der Waals surface area contributed by atoms with Gasteiger partial charge in [-0.05, 0) is 35.8 Å². The summed E-state index contributed by atoms with van der Waals surface area (Å²) in [6, 6.07) is 7.90. The Morgan fingerprint density at radius 1 is 1.32 bits per heavy atom. The zero-order valence-corrected chi connectivity index (χ0v) is 11.8. The molecule has 2 atom stereocenters. The van der Waals surface area contributed by atoms with Crippen molar-refractivity contribution in [1.82, 2.24) is 0 Å². The fraction of sp³-hybridized carbons (Fsp3) is 0.562. The Morgan fingerprint density at radius 3 is 2.47 bits per heavy atom. The average Bonchev–Trinajstić information content (AvgIpc) is 3.22. The Morgan fingerprint density at radius 2 is 1.95 bits per heavy atom. The van der Waals surface area contributed by atoms with Gasteiger partial charge in [0, 0.05) is 0 Å². The summed E-state index contributed by atoms with van der Waals surface area (Å²) in [5, 5.41) is 10.6. The van der Waals surface area contributed by atoms with Crippen LogP contribution in [0.1, 0.15) is 49.8 Å². The Bertz CT molecular complexity index is 449. The average molecular weight is 262 g/mol. The number of esters is 1. The van der Waals surface area contributed by atoms with Gasteiger partial charge < -0.3 is 9.84 Å². The van der Waals surface area contributed by atoms with Crippen molar-refractivity contribution in [3.8, 4) is 0 Å². The maximum absolute atomic E-state index is 11.9. The zero-order valence-electron chi connectivity index (χ0n) is 11.8. The van der Waals surface area contributed by atoms with Gasteiger partial charge in [0.05, 0.1) is 19.1 Å². The lowest BCUT2D eigenvalue weighted by molar-refractivity contribution is -0.152. The number of ether oxygens (including phenoxy) is 1. The Balaban J connectivity index is 2.31. The summed E-state index contributed by atoms with van der Waals surface area (Å²) < 4.78 is 4.83. The molecule has 0 amide bonds. The van der Waals surface area contributed by atoms with E-state index in [1.165, 1.54) is 25.5 Å². The van der Waals surface area contributed by atoms with E-state index in [2.05, 4.69) is 6.07 Å². The molecule has 0 aliphatic heterocycles. The van der Waals surface area contributed by atoms with E-state index in [0.717, 1.165) is 5.56 Å². The second kappa shape index (κ2) is 5.74. The minimum Gasteiger partial charge on any atom is -0.469 e. The van der Waals surface area contributed by atoms with Gasteiger partial charge in [0.2, 0.25) is 0 Å². The van der Waals surface area contributed by atoms with Gasteiger partial charge >= 0.3 is 5.97 Å². The van der Waals surface area contributed by atoms with Crippen LogP contribution in [-0.4, -0.2) is 18.2 Å². The highest BCUT2D eigenvalue weighted by molar-refractivity contribution is 5.73. The maximum Gasteiger partial charge on any atom is 0.311 e. The normalized spacial score (nSPS) is 18.2. The summed E-state index contributed by atoms with van der Waals surface area (Å²) in [7, 11) is 1.37. The number of aliphatic hydroxyl groups is 1. The van der Waals surface area contributed by atoms with Crippen molar-refractivity contribution in [2.45, 2.75) is 38.7 Å². The van der Waals surface area contributed by atoms with E-state index in [1.54, 1.807) is 0 Å². The van der Waals surface area contributed by atoms with Crippen molar-refractivity contribution in [2.75, 3.05) is 7.11 Å². The highest BCUT2D eigenvalue weighted by atomic mass is 16.5. The van der Waals surface area contributed by atoms with Gasteiger partial charge in [0.15, 0.2) is 0 Å². The monoisotopic (exact) mass is 262 g/mol. The molecule has 1 aromatic rings. The molecule has 3 nitrogen and oxygen atoms in total. The van der Waals surface area contributed by atoms with Crippen molar-refractivity contribution in [3.63, 3.8) is 0 Å². The first-order valence-electron chi connectivity index (χ1n) is 6.91. The molecule has 1 N–H and O–H groups in total. The van der Waals surface area contributed by atoms with Crippen LogP contribution in [-0.2, 0) is 9.53 Å². The third kappa shape index (κ3) is 2.98. The van der Waals surface area contributed by atoms with Crippen LogP contribution < -0.4 is 0 Å². The standard InChI is InChI=1S/C16H22O3/c1-10(2)14(16(18)19-3)15(17)13-7-5-4-6-12(13)11-8-9-11/h4-7,10-11,14-15,17H,8-9H2,1-3H3. The molecule has 0 spiro atoms. The highest BCUT2D eigenvalue weighted by Crippen LogP contribution is 2.44. The van der Waals surface area contributed by atoms with Crippen LogP contribution in [0.5, 0.6) is 0 Å². The number of methoxy groups -OCH3 is 1. The van der Waals surface area contributed by atoms with Crippen molar-refractivity contribution in [3.05, 3.63) is 35.4 Å². The van der Waals surface area contributed by atoms with Crippen LogP contribution in [0.3, 0.4) is 0 Å². The summed E-state index contributed by atoms with van der Waals surface area (Å²) in [6.07, 6.45) is 1.56. The number of carbonyl (C=O) groups excluding carboxylic acids is 1. The molecule has 1 saturated carbocycles. The topological polar surface area (TPSA) is 46.5 Å². The first-order chi connectivity index (χ1) is 9.06. The van der Waals surface area contributed by atoms with Crippen LogP contribution in [0, 0.1) is 11.8 Å². The van der Waals surface area contributed by atoms with Crippen molar-refractivity contribution < 1.29 is 14.6 Å². The molecule has 1 aliphatic carbocycles. The van der Waals surface area contributed by atoms with Crippen LogP contribution in [0.25, 0.3) is 0 Å². The van der Waals surface area contributed by atoms with Gasteiger partial charge in [-0.2, -0.15) is 0 Å². The minimum atomic E-state index is -0.788. The molecular weight excluding hydrogens is 240 g/mol. The van der Waals surface area contributed by atoms with E-state index >= 15 is 0 Å². The predicted molar refractivity (Wildman–Crippen MR) is 73.7 cm³/mol. The minimum absolute atomic E-state index is 0.0368. The molecule has 0 radical (unpaired) electrons. The number of carbonyl (C=O) groups is 1. The van der Waals surface area contributed by atoms with Crippen molar-refractivity contribution in [2.24, 2.45) is 11.8 Å². The fourth-order valence-corrected chi connectivity index (χ4v) is 2.64. The van der Waals surface area contributed by atoms with E-state index in [0.29, 0.717) is 5.92 Å². The fourth-order valence-electron chi connectivity index (χ4n) is 2.64. The Labute approximate surface area is 114 Å². The predicted octanol–water partition coefficient (Wildman–Crippen LogP) is 3.04. The van der Waals surface area contributed by atoms with Crippen molar-refractivity contribution in [1.29, 1.82) is 0 Å². The molecule has 19 heavy (non-hydrogen) atoms. The third-order valence-electron chi connectivity index (χ3n) is 3.86. The van der Waals surface area contributed by atoms with Gasteiger partial charge in [-0.25, -0.2) is 0 Å². The van der Waals surface area contributed by atoms with E-state index in [1.807, 2.05) is 32.0 Å². The molecule has 0 bridgehead atoms. The SMILES string of the molecule is COC(=O)C(C(C)C)C(O)c1ccccc1C1CC1. The van der Waals surface area contributed by atoms with Crippen LogP contribution in [0.2, 0.25) is 0 Å². The number of benzene rings is 1. The lowest BCUT2D eigenvalue weighted by atomic mass is 9.84.